The van der Waals surface area contributed by atoms with Crippen molar-refractivity contribution in [2.75, 3.05) is 26.2 Å². The second-order valence-corrected chi connectivity index (χ2v) is 8.88. The molecule has 1 aliphatic heterocycles. The summed E-state index contributed by atoms with van der Waals surface area (Å²) < 4.78 is 5.85. The van der Waals surface area contributed by atoms with Gasteiger partial charge in [-0.15, -0.1) is 0 Å². The molecule has 0 spiro atoms. The first-order valence-corrected chi connectivity index (χ1v) is 11.4. The van der Waals surface area contributed by atoms with Crippen LogP contribution in [0, 0.1) is 13.8 Å². The number of amides is 1. The van der Waals surface area contributed by atoms with E-state index in [0.717, 1.165) is 43.9 Å². The molecule has 32 heavy (non-hydrogen) atoms. The molecule has 0 atom stereocenters. The lowest BCUT2D eigenvalue weighted by atomic mass is 10.1. The Hall–Kier alpha value is -2.82. The van der Waals surface area contributed by atoms with E-state index in [1.165, 1.54) is 11.1 Å². The van der Waals surface area contributed by atoms with Gasteiger partial charge in [0.1, 0.15) is 12.4 Å². The molecule has 1 amide bonds. The second-order valence-electron chi connectivity index (χ2n) is 8.47. The molecule has 166 valence electrons. The minimum atomic E-state index is 0.0918. The van der Waals surface area contributed by atoms with Crippen LogP contribution in [0.4, 0.5) is 0 Å². The summed E-state index contributed by atoms with van der Waals surface area (Å²) >= 11 is 6.20. The maximum atomic E-state index is 12.9. The van der Waals surface area contributed by atoms with Crippen molar-refractivity contribution < 1.29 is 9.53 Å². The Morgan fingerprint density at radius 3 is 2.16 bits per heavy atom. The molecule has 0 N–H and O–H groups in total. The molecule has 0 bridgehead atoms. The Morgan fingerprint density at radius 2 is 1.47 bits per heavy atom. The van der Waals surface area contributed by atoms with E-state index in [1.807, 2.05) is 54.3 Å². The first-order chi connectivity index (χ1) is 15.5. The first kappa shape index (κ1) is 22.4. The van der Waals surface area contributed by atoms with Crippen LogP contribution in [0.2, 0.25) is 5.02 Å². The molecular weight excluding hydrogens is 420 g/mol. The number of piperazine rings is 1. The van der Waals surface area contributed by atoms with Crippen LogP contribution < -0.4 is 4.74 Å². The predicted octanol–water partition coefficient (Wildman–Crippen LogP) is 5.49. The zero-order valence-electron chi connectivity index (χ0n) is 18.7. The average Bonchev–Trinajstić information content (AvgIpc) is 2.81. The molecule has 0 aliphatic carbocycles. The molecule has 0 unspecified atom stereocenters. The van der Waals surface area contributed by atoms with Crippen molar-refractivity contribution in [1.82, 2.24) is 9.80 Å². The second kappa shape index (κ2) is 10.2. The van der Waals surface area contributed by atoms with Crippen molar-refractivity contribution in [2.45, 2.75) is 27.0 Å². The van der Waals surface area contributed by atoms with Gasteiger partial charge in [-0.25, -0.2) is 0 Å². The molecule has 0 aromatic heterocycles. The van der Waals surface area contributed by atoms with Crippen LogP contribution in [-0.2, 0) is 13.2 Å². The van der Waals surface area contributed by atoms with Crippen LogP contribution in [-0.4, -0.2) is 41.9 Å². The number of nitrogens with zero attached hydrogens (tertiary/aromatic N) is 2. The maximum Gasteiger partial charge on any atom is 0.253 e. The van der Waals surface area contributed by atoms with E-state index in [0.29, 0.717) is 22.9 Å². The van der Waals surface area contributed by atoms with Crippen molar-refractivity contribution in [1.29, 1.82) is 0 Å². The molecule has 4 nitrogen and oxygen atoms in total. The van der Waals surface area contributed by atoms with Crippen molar-refractivity contribution in [3.8, 4) is 5.75 Å². The first-order valence-electron chi connectivity index (χ1n) is 11.0. The third kappa shape index (κ3) is 5.70. The molecular formula is C27H29ClN2O2. The Labute approximate surface area is 195 Å². The lowest BCUT2D eigenvalue weighted by molar-refractivity contribution is 0.0628. The summed E-state index contributed by atoms with van der Waals surface area (Å²) in [6.07, 6.45) is 0. The van der Waals surface area contributed by atoms with Crippen molar-refractivity contribution in [2.24, 2.45) is 0 Å². The van der Waals surface area contributed by atoms with Gasteiger partial charge in [0.15, 0.2) is 0 Å². The largest absolute Gasteiger partial charge is 0.487 e. The number of hydrogen-bond acceptors (Lipinski definition) is 3. The molecule has 1 heterocycles. The van der Waals surface area contributed by atoms with Crippen LogP contribution in [0.25, 0.3) is 0 Å². The summed E-state index contributed by atoms with van der Waals surface area (Å²) in [5, 5.41) is 0.601. The van der Waals surface area contributed by atoms with Crippen molar-refractivity contribution in [3.05, 3.63) is 99.6 Å². The number of benzene rings is 3. The molecule has 1 saturated heterocycles. The molecule has 0 radical (unpaired) electrons. The fraction of sp³-hybridized carbons (Fsp3) is 0.296. The Kier molecular flexibility index (Phi) is 7.13. The van der Waals surface area contributed by atoms with E-state index >= 15 is 0 Å². The van der Waals surface area contributed by atoms with Gasteiger partial charge in [-0.2, -0.15) is 0 Å². The standard InChI is InChI=1S/C27H29ClN2O2/c1-20-3-6-22(7-4-20)18-29-13-15-30(16-14-29)27(31)24-10-8-23(9-11-24)19-32-26-17-21(2)5-12-25(26)28/h3-12,17H,13-16,18-19H2,1-2H3. The third-order valence-electron chi connectivity index (χ3n) is 5.87. The van der Waals surface area contributed by atoms with Gasteiger partial charge < -0.3 is 9.64 Å². The van der Waals surface area contributed by atoms with E-state index < -0.39 is 0 Å². The summed E-state index contributed by atoms with van der Waals surface area (Å²) in [4.78, 5) is 17.3. The molecule has 1 aliphatic rings. The minimum absolute atomic E-state index is 0.0918. The van der Waals surface area contributed by atoms with Gasteiger partial charge in [0.25, 0.3) is 5.91 Å². The van der Waals surface area contributed by atoms with E-state index in [9.17, 15) is 4.79 Å². The van der Waals surface area contributed by atoms with Crippen LogP contribution in [0.15, 0.2) is 66.7 Å². The number of aryl methyl sites for hydroxylation is 2. The summed E-state index contributed by atoms with van der Waals surface area (Å²) in [5.41, 5.74) is 5.42. The predicted molar refractivity (Wildman–Crippen MR) is 129 cm³/mol. The third-order valence-corrected chi connectivity index (χ3v) is 6.18. The van der Waals surface area contributed by atoms with E-state index in [-0.39, 0.29) is 5.91 Å². The molecule has 4 rings (SSSR count). The topological polar surface area (TPSA) is 32.8 Å². The van der Waals surface area contributed by atoms with Crippen LogP contribution in [0.5, 0.6) is 5.75 Å². The fourth-order valence-electron chi connectivity index (χ4n) is 3.87. The number of ether oxygens (including phenoxy) is 1. The number of halogens is 1. The highest BCUT2D eigenvalue weighted by Crippen LogP contribution is 2.26. The average molecular weight is 449 g/mol. The summed E-state index contributed by atoms with van der Waals surface area (Å²) in [7, 11) is 0. The van der Waals surface area contributed by atoms with Gasteiger partial charge in [-0.3, -0.25) is 9.69 Å². The number of carbonyl (C=O) groups excluding carboxylic acids is 1. The molecule has 1 fully saturated rings. The molecule has 3 aromatic rings. The zero-order chi connectivity index (χ0) is 22.5. The number of rotatable bonds is 6. The molecule has 3 aromatic carbocycles. The maximum absolute atomic E-state index is 12.9. The summed E-state index contributed by atoms with van der Waals surface area (Å²) in [6, 6.07) is 22.1. The van der Waals surface area contributed by atoms with Crippen molar-refractivity contribution in [3.63, 3.8) is 0 Å². The summed E-state index contributed by atoms with van der Waals surface area (Å²) in [5.74, 6) is 0.768. The van der Waals surface area contributed by atoms with Crippen LogP contribution >= 0.6 is 11.6 Å². The van der Waals surface area contributed by atoms with Crippen LogP contribution in [0.3, 0.4) is 0 Å². The Balaban J connectivity index is 1.28. The normalized spacial score (nSPS) is 14.4. The Bertz CT molecular complexity index is 1060. The SMILES string of the molecule is Cc1ccc(CN2CCN(C(=O)c3ccc(COc4cc(C)ccc4Cl)cc3)CC2)cc1. The zero-order valence-corrected chi connectivity index (χ0v) is 19.4. The van der Waals surface area contributed by atoms with Gasteiger partial charge in [-0.1, -0.05) is 59.6 Å². The quantitative estimate of drug-likeness (QED) is 0.499. The Morgan fingerprint density at radius 1 is 0.844 bits per heavy atom. The number of carbonyl (C=O) groups is 1. The van der Waals surface area contributed by atoms with Crippen molar-refractivity contribution >= 4 is 17.5 Å². The van der Waals surface area contributed by atoms with Gasteiger partial charge in [0.2, 0.25) is 0 Å². The molecule has 5 heteroatoms. The summed E-state index contributed by atoms with van der Waals surface area (Å²) in [6.45, 7) is 8.74. The van der Waals surface area contributed by atoms with Gasteiger partial charge >= 0.3 is 0 Å². The van der Waals surface area contributed by atoms with Crippen LogP contribution in [0.1, 0.15) is 32.6 Å². The highest BCUT2D eigenvalue weighted by atomic mass is 35.5. The van der Waals surface area contributed by atoms with E-state index in [1.54, 1.807) is 0 Å². The minimum Gasteiger partial charge on any atom is -0.487 e. The smallest absolute Gasteiger partial charge is 0.253 e. The molecule has 0 saturated carbocycles. The lowest BCUT2D eigenvalue weighted by Crippen LogP contribution is -2.48. The number of hydrogen-bond donors (Lipinski definition) is 0. The van der Waals surface area contributed by atoms with E-state index in [4.69, 9.17) is 16.3 Å². The monoisotopic (exact) mass is 448 g/mol. The lowest BCUT2D eigenvalue weighted by Gasteiger charge is -2.34. The van der Waals surface area contributed by atoms with Gasteiger partial charge in [-0.05, 0) is 54.8 Å². The highest BCUT2D eigenvalue weighted by Gasteiger charge is 2.22. The van der Waals surface area contributed by atoms with Gasteiger partial charge in [0.05, 0.1) is 5.02 Å². The fourth-order valence-corrected chi connectivity index (χ4v) is 4.04. The van der Waals surface area contributed by atoms with E-state index in [2.05, 4.69) is 36.1 Å². The highest BCUT2D eigenvalue weighted by molar-refractivity contribution is 6.32. The van der Waals surface area contributed by atoms with Gasteiger partial charge in [0, 0.05) is 38.3 Å².